The van der Waals surface area contributed by atoms with Crippen molar-refractivity contribution in [2.24, 2.45) is 0 Å². The molecular weight excluding hydrogens is 394 g/mol. The number of carbonyl (C=O) groups excluding carboxylic acids is 2. The Morgan fingerprint density at radius 3 is 2.44 bits per heavy atom. The second-order valence-corrected chi connectivity index (χ2v) is 7.55. The van der Waals surface area contributed by atoms with Gasteiger partial charge in [-0.15, -0.1) is 0 Å². The van der Waals surface area contributed by atoms with Gasteiger partial charge in [0.15, 0.2) is 0 Å². The van der Waals surface area contributed by atoms with E-state index in [0.29, 0.717) is 15.5 Å². The van der Waals surface area contributed by atoms with Crippen LogP contribution in [0.4, 0.5) is 5.69 Å². The molecule has 2 aromatic rings. The normalized spacial score (nSPS) is 18.8. The zero-order chi connectivity index (χ0) is 19.4. The predicted octanol–water partition coefficient (Wildman–Crippen LogP) is 4.12. The minimum absolute atomic E-state index is 0.0513. The minimum Gasteiger partial charge on any atom is -0.457 e. The van der Waals surface area contributed by atoms with Crippen LogP contribution < -0.4 is 0 Å². The van der Waals surface area contributed by atoms with E-state index in [4.69, 9.17) is 21.1 Å². The Kier molecular flexibility index (Phi) is 5.67. The molecule has 0 radical (unpaired) electrons. The third-order valence-corrected chi connectivity index (χ3v) is 5.41. The van der Waals surface area contributed by atoms with Crippen molar-refractivity contribution in [3.05, 3.63) is 69.2 Å². The third-order valence-electron chi connectivity index (χ3n) is 3.86. The van der Waals surface area contributed by atoms with Crippen LogP contribution in [-0.2, 0) is 25.7 Å². The summed E-state index contributed by atoms with van der Waals surface area (Å²) in [6.45, 7) is -0.0860. The number of rotatable bonds is 6. The third kappa shape index (κ3) is 4.58. The molecule has 27 heavy (non-hydrogen) atoms. The lowest BCUT2D eigenvalue weighted by atomic mass is 10.2. The lowest BCUT2D eigenvalue weighted by Crippen LogP contribution is -2.36. The van der Waals surface area contributed by atoms with Crippen LogP contribution in [0, 0.1) is 10.1 Å². The lowest BCUT2D eigenvalue weighted by Gasteiger charge is -2.24. The first-order valence-electron chi connectivity index (χ1n) is 7.95. The number of carbonyl (C=O) groups is 2. The van der Waals surface area contributed by atoms with Crippen molar-refractivity contribution in [3.63, 3.8) is 0 Å². The van der Waals surface area contributed by atoms with E-state index in [2.05, 4.69) is 0 Å². The Labute approximate surface area is 163 Å². The molecule has 0 spiro atoms. The van der Waals surface area contributed by atoms with Crippen LogP contribution in [0.2, 0.25) is 5.02 Å². The van der Waals surface area contributed by atoms with Crippen molar-refractivity contribution < 1.29 is 24.0 Å². The van der Waals surface area contributed by atoms with Gasteiger partial charge in [0.2, 0.25) is 0 Å². The molecule has 1 unspecified atom stereocenters. The van der Waals surface area contributed by atoms with E-state index >= 15 is 0 Å². The number of ether oxygens (including phenoxy) is 2. The molecule has 1 aliphatic rings. The van der Waals surface area contributed by atoms with E-state index < -0.39 is 21.8 Å². The first-order chi connectivity index (χ1) is 12.9. The molecule has 9 heteroatoms. The van der Waals surface area contributed by atoms with Crippen molar-refractivity contribution in [2.45, 2.75) is 29.3 Å². The molecule has 0 amide bonds. The van der Waals surface area contributed by atoms with Gasteiger partial charge in [0.25, 0.3) is 10.6 Å². The number of cyclic esters (lactones) is 1. The first-order valence-corrected chi connectivity index (χ1v) is 9.14. The van der Waals surface area contributed by atoms with Gasteiger partial charge in [-0.05, 0) is 42.0 Å². The Hall–Kier alpha value is -2.58. The van der Waals surface area contributed by atoms with Gasteiger partial charge in [-0.2, -0.15) is 0 Å². The van der Waals surface area contributed by atoms with Crippen molar-refractivity contribution in [1.82, 2.24) is 0 Å². The quantitative estimate of drug-likeness (QED) is 0.403. The van der Waals surface area contributed by atoms with Gasteiger partial charge in [-0.3, -0.25) is 14.9 Å². The summed E-state index contributed by atoms with van der Waals surface area (Å²) in [4.78, 5) is 33.8. The smallest absolute Gasteiger partial charge is 0.362 e. The summed E-state index contributed by atoms with van der Waals surface area (Å²) in [5, 5.41) is 11.2. The number of nitrogens with zero attached hydrogens (tertiary/aromatic N) is 1. The molecule has 0 aromatic heterocycles. The molecule has 140 valence electrons. The number of benzene rings is 2. The zero-order valence-corrected chi connectivity index (χ0v) is 15.5. The van der Waals surface area contributed by atoms with Crippen molar-refractivity contribution in [2.75, 3.05) is 0 Å². The number of thioether (sulfide) groups is 1. The number of non-ortho nitro benzene ring substituents is 1. The number of hydrogen-bond acceptors (Lipinski definition) is 7. The predicted molar refractivity (Wildman–Crippen MR) is 98.3 cm³/mol. The Bertz CT molecular complexity index is 870. The SMILES string of the molecule is O=C1CCC(Sc2ccc(Cl)cc2)(C(=O)OCc2ccc([N+](=O)[O-])cc2)O1. The van der Waals surface area contributed by atoms with Crippen LogP contribution in [-0.4, -0.2) is 21.8 Å². The second-order valence-electron chi connectivity index (χ2n) is 5.78. The molecule has 1 aliphatic heterocycles. The molecule has 1 saturated heterocycles. The van der Waals surface area contributed by atoms with E-state index in [-0.39, 0.29) is 25.1 Å². The van der Waals surface area contributed by atoms with Gasteiger partial charge in [0.1, 0.15) is 6.61 Å². The summed E-state index contributed by atoms with van der Waals surface area (Å²) in [6, 6.07) is 12.5. The van der Waals surface area contributed by atoms with E-state index in [9.17, 15) is 19.7 Å². The van der Waals surface area contributed by atoms with Crippen molar-refractivity contribution >= 4 is 41.0 Å². The van der Waals surface area contributed by atoms with Crippen LogP contribution in [0.5, 0.6) is 0 Å². The fourth-order valence-electron chi connectivity index (χ4n) is 2.48. The van der Waals surface area contributed by atoms with Crippen LogP contribution in [0.3, 0.4) is 0 Å². The summed E-state index contributed by atoms with van der Waals surface area (Å²) in [5.74, 6) is -1.14. The van der Waals surface area contributed by atoms with Gasteiger partial charge in [0, 0.05) is 28.5 Å². The Morgan fingerprint density at radius 2 is 1.89 bits per heavy atom. The summed E-state index contributed by atoms with van der Waals surface area (Å²) < 4.78 is 10.6. The largest absolute Gasteiger partial charge is 0.457 e. The summed E-state index contributed by atoms with van der Waals surface area (Å²) in [6.07, 6.45) is 0.311. The maximum absolute atomic E-state index is 12.7. The molecule has 1 fully saturated rings. The van der Waals surface area contributed by atoms with Crippen molar-refractivity contribution in [3.8, 4) is 0 Å². The van der Waals surface area contributed by atoms with Gasteiger partial charge in [0.05, 0.1) is 11.3 Å². The maximum atomic E-state index is 12.7. The Balaban J connectivity index is 1.70. The lowest BCUT2D eigenvalue weighted by molar-refractivity contribution is -0.384. The average Bonchev–Trinajstić information content (AvgIpc) is 3.04. The fraction of sp³-hybridized carbons (Fsp3) is 0.222. The second kappa shape index (κ2) is 7.98. The minimum atomic E-state index is -1.45. The standard InChI is InChI=1S/C18H14ClNO6S/c19-13-3-7-15(8-4-13)27-18(10-9-16(21)26-18)17(22)25-11-12-1-5-14(6-2-12)20(23)24/h1-8H,9-11H2. The van der Waals surface area contributed by atoms with E-state index in [1.807, 2.05) is 0 Å². The Morgan fingerprint density at radius 1 is 1.22 bits per heavy atom. The maximum Gasteiger partial charge on any atom is 0.362 e. The summed E-state index contributed by atoms with van der Waals surface area (Å²) in [5.41, 5.74) is 0.537. The molecule has 3 rings (SSSR count). The average molecular weight is 408 g/mol. The molecule has 7 nitrogen and oxygen atoms in total. The highest BCUT2D eigenvalue weighted by Crippen LogP contribution is 2.43. The summed E-state index contributed by atoms with van der Waals surface area (Å²) in [7, 11) is 0. The molecule has 1 heterocycles. The topological polar surface area (TPSA) is 95.7 Å². The van der Waals surface area contributed by atoms with Crippen molar-refractivity contribution in [1.29, 1.82) is 0 Å². The first kappa shape index (κ1) is 19.2. The number of nitro benzene ring substituents is 1. The summed E-state index contributed by atoms with van der Waals surface area (Å²) >= 11 is 6.96. The molecule has 1 atom stereocenters. The zero-order valence-electron chi connectivity index (χ0n) is 13.9. The fourth-order valence-corrected chi connectivity index (χ4v) is 3.74. The molecule has 2 aromatic carbocycles. The monoisotopic (exact) mass is 407 g/mol. The highest BCUT2D eigenvalue weighted by atomic mass is 35.5. The number of esters is 2. The number of hydrogen-bond donors (Lipinski definition) is 0. The highest BCUT2D eigenvalue weighted by molar-refractivity contribution is 8.01. The number of halogens is 1. The van der Waals surface area contributed by atoms with Crippen LogP contribution in [0.25, 0.3) is 0 Å². The van der Waals surface area contributed by atoms with E-state index in [1.54, 1.807) is 24.3 Å². The molecule has 0 aliphatic carbocycles. The van der Waals surface area contributed by atoms with Gasteiger partial charge in [-0.25, -0.2) is 4.79 Å². The number of nitro groups is 1. The molecular formula is C18H14ClNO6S. The van der Waals surface area contributed by atoms with E-state index in [0.717, 1.165) is 11.8 Å². The van der Waals surface area contributed by atoms with Gasteiger partial charge in [-0.1, -0.05) is 23.4 Å². The molecule has 0 saturated carbocycles. The van der Waals surface area contributed by atoms with Gasteiger partial charge >= 0.3 is 11.9 Å². The van der Waals surface area contributed by atoms with Gasteiger partial charge < -0.3 is 9.47 Å². The van der Waals surface area contributed by atoms with Crippen LogP contribution >= 0.6 is 23.4 Å². The van der Waals surface area contributed by atoms with E-state index in [1.165, 1.54) is 24.3 Å². The molecule has 0 N–H and O–H groups in total. The van der Waals surface area contributed by atoms with Crippen LogP contribution in [0.15, 0.2) is 53.4 Å². The highest BCUT2D eigenvalue weighted by Gasteiger charge is 2.50. The van der Waals surface area contributed by atoms with Crippen LogP contribution in [0.1, 0.15) is 18.4 Å². The molecule has 0 bridgehead atoms.